The number of nitrogens with zero attached hydrogens (tertiary/aromatic N) is 2. The molecule has 0 bridgehead atoms. The highest BCUT2D eigenvalue weighted by Crippen LogP contribution is 2.29. The molecule has 10 heteroatoms. The van der Waals surface area contributed by atoms with Gasteiger partial charge >= 0.3 is 0 Å². The summed E-state index contributed by atoms with van der Waals surface area (Å²) in [5.41, 5.74) is -0.462. The molecule has 0 unspecified atom stereocenters. The van der Waals surface area contributed by atoms with E-state index in [1.807, 2.05) is 0 Å². The van der Waals surface area contributed by atoms with Gasteiger partial charge in [-0.15, -0.1) is 0 Å². The monoisotopic (exact) mass is 432 g/mol. The van der Waals surface area contributed by atoms with Crippen molar-refractivity contribution < 1.29 is 23.5 Å². The van der Waals surface area contributed by atoms with Crippen molar-refractivity contribution in [3.05, 3.63) is 57.4 Å². The van der Waals surface area contributed by atoms with Crippen LogP contribution in [-0.4, -0.2) is 40.9 Å². The van der Waals surface area contributed by atoms with Gasteiger partial charge in [-0.05, 0) is 37.6 Å². The molecule has 1 aromatic heterocycles. The lowest BCUT2D eigenvalue weighted by molar-refractivity contribution is -0.126. The molecule has 2 aromatic rings. The lowest BCUT2D eigenvalue weighted by atomic mass is 10.00. The third kappa shape index (κ3) is 3.79. The number of ether oxygens (including phenoxy) is 1. The van der Waals surface area contributed by atoms with Crippen molar-refractivity contribution in [1.29, 1.82) is 0 Å². The zero-order valence-corrected chi connectivity index (χ0v) is 17.2. The first-order valence-corrected chi connectivity index (χ1v) is 9.23. The number of Topliss-reactive ketones (excluding diaryl/α,β-unsaturated/α-hetero) is 1. The number of amides is 2. The normalized spacial score (nSPS) is 14.4. The summed E-state index contributed by atoms with van der Waals surface area (Å²) in [5.74, 6) is -3.02. The molecular weight excluding hydrogens is 415 g/mol. The van der Waals surface area contributed by atoms with E-state index in [0.717, 1.165) is 6.07 Å². The van der Waals surface area contributed by atoms with Crippen LogP contribution in [-0.2, 0) is 16.6 Å². The Kier molecular flexibility index (Phi) is 5.65. The van der Waals surface area contributed by atoms with Gasteiger partial charge in [-0.25, -0.2) is 9.24 Å². The van der Waals surface area contributed by atoms with Crippen LogP contribution in [0.3, 0.4) is 0 Å². The molecule has 0 radical (unpaired) electrons. The molecule has 0 saturated carbocycles. The predicted octanol–water partition coefficient (Wildman–Crippen LogP) is 3.02. The standard InChI is InChI=1S/C20H18ClFN4O4/c1-10-14(18(28)24-11-5-6-12(22)13(7-11)23-3)17(21)26(4)15(10)16(27)19(29)25-20(2)8-30-9-20/h5-7H,8-9H2,1-2,4H3,(H,24,28)(H,25,29). The highest BCUT2D eigenvalue weighted by atomic mass is 35.5. The number of anilines is 1. The van der Waals surface area contributed by atoms with Crippen LogP contribution >= 0.6 is 11.6 Å². The van der Waals surface area contributed by atoms with Crippen LogP contribution in [0.5, 0.6) is 0 Å². The minimum Gasteiger partial charge on any atom is -0.376 e. The van der Waals surface area contributed by atoms with Crippen LogP contribution in [0.25, 0.3) is 4.85 Å². The Morgan fingerprint density at radius 1 is 1.33 bits per heavy atom. The maximum absolute atomic E-state index is 13.5. The molecule has 1 aliphatic rings. The van der Waals surface area contributed by atoms with Crippen molar-refractivity contribution >= 4 is 40.6 Å². The van der Waals surface area contributed by atoms with Crippen LogP contribution in [0.4, 0.5) is 15.8 Å². The van der Waals surface area contributed by atoms with Crippen molar-refractivity contribution in [1.82, 2.24) is 9.88 Å². The van der Waals surface area contributed by atoms with Gasteiger partial charge in [-0.3, -0.25) is 14.4 Å². The highest BCUT2D eigenvalue weighted by molar-refractivity contribution is 6.44. The molecule has 1 aliphatic heterocycles. The van der Waals surface area contributed by atoms with E-state index in [4.69, 9.17) is 22.9 Å². The lowest BCUT2D eigenvalue weighted by Gasteiger charge is -2.38. The minimum absolute atomic E-state index is 0.00203. The first-order chi connectivity index (χ1) is 14.1. The summed E-state index contributed by atoms with van der Waals surface area (Å²) in [7, 11) is 1.47. The molecule has 2 heterocycles. The van der Waals surface area contributed by atoms with Crippen molar-refractivity contribution in [2.75, 3.05) is 18.5 Å². The fourth-order valence-corrected chi connectivity index (χ4v) is 3.48. The lowest BCUT2D eigenvalue weighted by Crippen LogP contribution is -2.61. The van der Waals surface area contributed by atoms with Gasteiger partial charge in [0.2, 0.25) is 5.69 Å². The second-order valence-electron chi connectivity index (χ2n) is 7.27. The molecule has 0 spiro atoms. The van der Waals surface area contributed by atoms with Crippen molar-refractivity contribution in [3.8, 4) is 0 Å². The maximum Gasteiger partial charge on any atom is 0.294 e. The minimum atomic E-state index is -0.832. The highest BCUT2D eigenvalue weighted by Gasteiger charge is 2.38. The zero-order chi connectivity index (χ0) is 22.2. The number of hydrogen-bond acceptors (Lipinski definition) is 4. The van der Waals surface area contributed by atoms with Crippen LogP contribution in [0.15, 0.2) is 18.2 Å². The summed E-state index contributed by atoms with van der Waals surface area (Å²) < 4.78 is 19.8. The molecule has 1 aromatic carbocycles. The van der Waals surface area contributed by atoms with Gasteiger partial charge in [-0.1, -0.05) is 11.6 Å². The van der Waals surface area contributed by atoms with E-state index in [9.17, 15) is 18.8 Å². The third-order valence-electron chi connectivity index (χ3n) is 4.80. The molecule has 8 nitrogen and oxygen atoms in total. The average Bonchev–Trinajstić information content (AvgIpc) is 2.90. The molecule has 0 aliphatic carbocycles. The molecule has 30 heavy (non-hydrogen) atoms. The van der Waals surface area contributed by atoms with Gasteiger partial charge in [-0.2, -0.15) is 0 Å². The Hall–Kier alpha value is -3.22. The number of halogens is 2. The molecule has 2 amide bonds. The van der Waals surface area contributed by atoms with Crippen LogP contribution in [0, 0.1) is 19.3 Å². The third-order valence-corrected chi connectivity index (χ3v) is 5.24. The van der Waals surface area contributed by atoms with E-state index in [0.29, 0.717) is 13.2 Å². The Labute approximate surface area is 176 Å². The quantitative estimate of drug-likeness (QED) is 0.431. The van der Waals surface area contributed by atoms with Crippen molar-refractivity contribution in [2.24, 2.45) is 7.05 Å². The topological polar surface area (TPSA) is 93.8 Å². The smallest absolute Gasteiger partial charge is 0.294 e. The molecule has 0 atom stereocenters. The largest absolute Gasteiger partial charge is 0.376 e. The Morgan fingerprint density at radius 3 is 2.57 bits per heavy atom. The molecule has 1 fully saturated rings. The first-order valence-electron chi connectivity index (χ1n) is 8.85. The van der Waals surface area contributed by atoms with Crippen LogP contribution in [0.2, 0.25) is 5.15 Å². The Balaban J connectivity index is 1.88. The maximum atomic E-state index is 13.5. The Bertz CT molecular complexity index is 1110. The van der Waals surface area contributed by atoms with Crippen LogP contribution < -0.4 is 10.6 Å². The molecule has 1 saturated heterocycles. The number of nitrogens with one attached hydrogen (secondary N) is 2. The summed E-state index contributed by atoms with van der Waals surface area (Å²) in [5, 5.41) is 5.12. The molecule has 3 rings (SSSR count). The fraction of sp³-hybridized carbons (Fsp3) is 0.300. The SMILES string of the molecule is [C-]#[N+]c1cc(NC(=O)c2c(C)c(C(=O)C(=O)NC3(C)COC3)n(C)c2Cl)ccc1F. The van der Waals surface area contributed by atoms with E-state index in [-0.39, 0.29) is 33.3 Å². The number of carbonyl (C=O) groups is 3. The summed E-state index contributed by atoms with van der Waals surface area (Å²) in [4.78, 5) is 41.0. The van der Waals surface area contributed by atoms with E-state index >= 15 is 0 Å². The first kappa shape index (κ1) is 21.5. The second kappa shape index (κ2) is 7.89. The number of benzene rings is 1. The van der Waals surface area contributed by atoms with E-state index in [1.54, 1.807) is 6.92 Å². The van der Waals surface area contributed by atoms with Crippen molar-refractivity contribution in [2.45, 2.75) is 19.4 Å². The van der Waals surface area contributed by atoms with E-state index < -0.39 is 29.0 Å². The summed E-state index contributed by atoms with van der Waals surface area (Å²) in [6, 6.07) is 3.55. The summed E-state index contributed by atoms with van der Waals surface area (Å²) in [6.45, 7) is 10.8. The predicted molar refractivity (Wildman–Crippen MR) is 107 cm³/mol. The average molecular weight is 433 g/mol. The fourth-order valence-electron chi connectivity index (χ4n) is 3.17. The number of rotatable bonds is 5. The molecule has 2 N–H and O–H groups in total. The zero-order valence-electron chi connectivity index (χ0n) is 16.4. The number of hydrogen-bond donors (Lipinski definition) is 2. The van der Waals surface area contributed by atoms with Gasteiger partial charge in [0, 0.05) is 12.7 Å². The van der Waals surface area contributed by atoms with Gasteiger partial charge < -0.3 is 19.9 Å². The molecule has 156 valence electrons. The number of ketones is 1. The van der Waals surface area contributed by atoms with Gasteiger partial charge in [0.15, 0.2) is 0 Å². The number of carbonyl (C=O) groups excluding carboxylic acids is 3. The number of aromatic nitrogens is 1. The second-order valence-corrected chi connectivity index (χ2v) is 7.63. The van der Waals surface area contributed by atoms with Gasteiger partial charge in [0.25, 0.3) is 17.6 Å². The Morgan fingerprint density at radius 2 is 2.00 bits per heavy atom. The molecular formula is C20H18ClFN4O4. The van der Waals surface area contributed by atoms with E-state index in [1.165, 1.54) is 30.7 Å². The van der Waals surface area contributed by atoms with Gasteiger partial charge in [0.1, 0.15) is 11.0 Å². The summed E-state index contributed by atoms with van der Waals surface area (Å²) >= 11 is 6.27. The van der Waals surface area contributed by atoms with E-state index in [2.05, 4.69) is 15.5 Å². The summed E-state index contributed by atoms with van der Waals surface area (Å²) in [6.07, 6.45) is 0. The van der Waals surface area contributed by atoms with Crippen molar-refractivity contribution in [3.63, 3.8) is 0 Å². The van der Waals surface area contributed by atoms with Crippen LogP contribution in [0.1, 0.15) is 33.3 Å². The van der Waals surface area contributed by atoms with Gasteiger partial charge in [0.05, 0.1) is 36.6 Å².